The van der Waals surface area contributed by atoms with Gasteiger partial charge in [0.2, 0.25) is 0 Å². The number of fused-ring (bicyclic) bond motifs is 1. The molecule has 1 atom stereocenters. The fourth-order valence-corrected chi connectivity index (χ4v) is 2.54. The van der Waals surface area contributed by atoms with Crippen LogP contribution >= 0.6 is 0 Å². The molecule has 0 aliphatic heterocycles. The number of para-hydroxylation sites is 2. The van der Waals surface area contributed by atoms with Gasteiger partial charge in [0.1, 0.15) is 5.82 Å². The molecule has 1 heterocycles. The first-order valence-electron chi connectivity index (χ1n) is 8.23. The number of hydrogen-bond donors (Lipinski definition) is 3. The minimum atomic E-state index is -0.340. The summed E-state index contributed by atoms with van der Waals surface area (Å²) in [5, 5.41) is 15.0. The molecule has 2 rings (SSSR count). The van der Waals surface area contributed by atoms with Gasteiger partial charge in [-0.25, -0.2) is 9.78 Å². The van der Waals surface area contributed by atoms with Crippen LogP contribution in [0.1, 0.15) is 32.0 Å². The highest BCUT2D eigenvalue weighted by molar-refractivity contribution is 5.75. The van der Waals surface area contributed by atoms with Crippen LogP contribution in [0.5, 0.6) is 0 Å². The molecule has 1 aromatic heterocycles. The lowest BCUT2D eigenvalue weighted by Crippen LogP contribution is -2.37. The van der Waals surface area contributed by atoms with Crippen LogP contribution in [0.2, 0.25) is 0 Å². The summed E-state index contributed by atoms with van der Waals surface area (Å²) in [6.45, 7) is 5.84. The highest BCUT2D eigenvalue weighted by Crippen LogP contribution is 2.15. The number of aromatic nitrogens is 2. The van der Waals surface area contributed by atoms with Crippen LogP contribution in [0.4, 0.5) is 4.79 Å². The Bertz CT molecular complexity index is 639. The van der Waals surface area contributed by atoms with Crippen molar-refractivity contribution in [2.45, 2.75) is 45.8 Å². The lowest BCUT2D eigenvalue weighted by molar-refractivity contribution is 0.160. The van der Waals surface area contributed by atoms with E-state index in [1.165, 1.54) is 0 Å². The Kier molecular flexibility index (Phi) is 6.40. The van der Waals surface area contributed by atoms with Gasteiger partial charge in [-0.05, 0) is 38.3 Å². The van der Waals surface area contributed by atoms with Gasteiger partial charge in [-0.2, -0.15) is 0 Å². The number of nitrogens with zero attached hydrogens (tertiary/aromatic N) is 2. The first-order valence-corrected chi connectivity index (χ1v) is 8.23. The molecule has 0 spiro atoms. The van der Waals surface area contributed by atoms with E-state index in [0.717, 1.165) is 29.8 Å². The highest BCUT2D eigenvalue weighted by atomic mass is 16.3. The fourth-order valence-electron chi connectivity index (χ4n) is 2.54. The van der Waals surface area contributed by atoms with Crippen molar-refractivity contribution in [1.82, 2.24) is 20.2 Å². The molecule has 23 heavy (non-hydrogen) atoms. The van der Waals surface area contributed by atoms with Gasteiger partial charge in [0.25, 0.3) is 0 Å². The average molecular weight is 318 g/mol. The number of nitrogens with one attached hydrogen (secondary N) is 2. The van der Waals surface area contributed by atoms with Gasteiger partial charge in [-0.3, -0.25) is 0 Å². The van der Waals surface area contributed by atoms with E-state index in [9.17, 15) is 9.90 Å². The Labute approximate surface area is 136 Å². The van der Waals surface area contributed by atoms with Gasteiger partial charge in [0, 0.05) is 19.6 Å². The average Bonchev–Trinajstić information content (AvgIpc) is 2.87. The quantitative estimate of drug-likeness (QED) is 0.653. The molecule has 0 aliphatic rings. The molecular formula is C17H26N4O2. The number of urea groups is 1. The van der Waals surface area contributed by atoms with Crippen molar-refractivity contribution in [3.05, 3.63) is 30.1 Å². The van der Waals surface area contributed by atoms with Crippen molar-refractivity contribution in [2.24, 2.45) is 0 Å². The maximum Gasteiger partial charge on any atom is 0.314 e. The van der Waals surface area contributed by atoms with Crippen LogP contribution in [-0.2, 0) is 6.54 Å². The summed E-state index contributed by atoms with van der Waals surface area (Å²) in [6.07, 6.45) is 1.80. The van der Waals surface area contributed by atoms with Gasteiger partial charge >= 0.3 is 6.03 Å². The smallest absolute Gasteiger partial charge is 0.314 e. The Balaban J connectivity index is 1.70. The Morgan fingerprint density at radius 2 is 2.04 bits per heavy atom. The third-order valence-electron chi connectivity index (χ3n) is 3.92. The van der Waals surface area contributed by atoms with Crippen molar-refractivity contribution < 1.29 is 9.90 Å². The molecule has 0 fully saturated rings. The molecule has 0 radical (unpaired) electrons. The molecule has 2 aromatic rings. The number of carbonyl (C=O) groups excluding carboxylic acids is 1. The summed E-state index contributed by atoms with van der Waals surface area (Å²) >= 11 is 0. The summed E-state index contributed by atoms with van der Waals surface area (Å²) < 4.78 is 2.17. The van der Waals surface area contributed by atoms with Gasteiger partial charge in [0.15, 0.2) is 0 Å². The van der Waals surface area contributed by atoms with E-state index in [4.69, 9.17) is 0 Å². The zero-order chi connectivity index (χ0) is 16.7. The van der Waals surface area contributed by atoms with E-state index in [2.05, 4.69) is 26.3 Å². The number of imidazole rings is 1. The topological polar surface area (TPSA) is 79.2 Å². The maximum absolute atomic E-state index is 11.6. The van der Waals surface area contributed by atoms with Crippen molar-refractivity contribution in [1.29, 1.82) is 0 Å². The number of benzene rings is 1. The fraction of sp³-hybridized carbons (Fsp3) is 0.529. The minimum absolute atomic E-state index is 0.180. The first kappa shape index (κ1) is 17.3. The molecule has 0 aliphatic carbocycles. The minimum Gasteiger partial charge on any atom is -0.393 e. The number of aryl methyl sites for hydroxylation is 2. The van der Waals surface area contributed by atoms with Crippen molar-refractivity contribution >= 4 is 17.1 Å². The predicted molar refractivity (Wildman–Crippen MR) is 91.4 cm³/mol. The van der Waals surface area contributed by atoms with Crippen LogP contribution in [0, 0.1) is 6.92 Å². The second-order valence-corrected chi connectivity index (χ2v) is 5.69. The normalized spacial score (nSPS) is 12.3. The second kappa shape index (κ2) is 8.53. The largest absolute Gasteiger partial charge is 0.393 e. The lowest BCUT2D eigenvalue weighted by atomic mass is 10.2. The number of aliphatic hydroxyl groups excluding tert-OH is 1. The van der Waals surface area contributed by atoms with Crippen LogP contribution in [0.3, 0.4) is 0 Å². The van der Waals surface area contributed by atoms with E-state index in [-0.39, 0.29) is 12.1 Å². The number of carbonyl (C=O) groups is 1. The molecule has 1 unspecified atom stereocenters. The zero-order valence-electron chi connectivity index (χ0n) is 13.9. The molecule has 2 amide bonds. The highest BCUT2D eigenvalue weighted by Gasteiger charge is 2.06. The SMILES string of the molecule is CCC(O)CCNC(=O)NCCCn1c(C)nc2ccccc21. The molecule has 126 valence electrons. The second-order valence-electron chi connectivity index (χ2n) is 5.69. The van der Waals surface area contributed by atoms with Crippen molar-refractivity contribution in [3.63, 3.8) is 0 Å². The Morgan fingerprint density at radius 1 is 1.30 bits per heavy atom. The lowest BCUT2D eigenvalue weighted by Gasteiger charge is -2.11. The summed E-state index contributed by atoms with van der Waals surface area (Å²) in [7, 11) is 0. The van der Waals surface area contributed by atoms with Crippen LogP contribution < -0.4 is 10.6 Å². The third-order valence-corrected chi connectivity index (χ3v) is 3.92. The van der Waals surface area contributed by atoms with E-state index in [0.29, 0.717) is 25.9 Å². The van der Waals surface area contributed by atoms with Gasteiger partial charge < -0.3 is 20.3 Å². The summed E-state index contributed by atoms with van der Waals surface area (Å²) in [5.74, 6) is 0.990. The van der Waals surface area contributed by atoms with Gasteiger partial charge in [-0.15, -0.1) is 0 Å². The van der Waals surface area contributed by atoms with E-state index in [1.54, 1.807) is 0 Å². The molecule has 1 aromatic carbocycles. The van der Waals surface area contributed by atoms with Crippen LogP contribution in [0.15, 0.2) is 24.3 Å². The molecule has 0 saturated heterocycles. The first-order chi connectivity index (χ1) is 11.1. The molecule has 6 heteroatoms. The summed E-state index contributed by atoms with van der Waals surface area (Å²) in [5.41, 5.74) is 2.13. The number of hydrogen-bond acceptors (Lipinski definition) is 3. The van der Waals surface area contributed by atoms with Crippen LogP contribution in [-0.4, -0.2) is 39.9 Å². The van der Waals surface area contributed by atoms with E-state index >= 15 is 0 Å². The molecule has 0 bridgehead atoms. The third kappa shape index (κ3) is 4.96. The standard InChI is InChI=1S/C17H26N4O2/c1-3-14(22)9-11-19-17(23)18-10-6-12-21-13(2)20-15-7-4-5-8-16(15)21/h4-5,7-8,14,22H,3,6,9-12H2,1-2H3,(H2,18,19,23). The Hall–Kier alpha value is -2.08. The maximum atomic E-state index is 11.6. The number of amides is 2. The number of aliphatic hydroxyl groups is 1. The van der Waals surface area contributed by atoms with E-state index < -0.39 is 0 Å². The Morgan fingerprint density at radius 3 is 2.83 bits per heavy atom. The van der Waals surface area contributed by atoms with Crippen molar-refractivity contribution in [3.8, 4) is 0 Å². The number of rotatable bonds is 8. The van der Waals surface area contributed by atoms with Gasteiger partial charge in [-0.1, -0.05) is 19.1 Å². The van der Waals surface area contributed by atoms with E-state index in [1.807, 2.05) is 32.0 Å². The monoisotopic (exact) mass is 318 g/mol. The molecule has 3 N–H and O–H groups in total. The molecule has 0 saturated carbocycles. The summed E-state index contributed by atoms with van der Waals surface area (Å²) in [6, 6.07) is 7.89. The summed E-state index contributed by atoms with van der Waals surface area (Å²) in [4.78, 5) is 16.2. The van der Waals surface area contributed by atoms with Crippen LogP contribution in [0.25, 0.3) is 11.0 Å². The van der Waals surface area contributed by atoms with Crippen molar-refractivity contribution in [2.75, 3.05) is 13.1 Å². The molecular weight excluding hydrogens is 292 g/mol. The zero-order valence-corrected chi connectivity index (χ0v) is 13.9. The van der Waals surface area contributed by atoms with Gasteiger partial charge in [0.05, 0.1) is 17.1 Å². The predicted octanol–water partition coefficient (Wildman–Crippen LogP) is 2.20. The molecule has 6 nitrogen and oxygen atoms in total.